The third kappa shape index (κ3) is 4.06. The fraction of sp³-hybridized carbons (Fsp3) is 0.273. The van der Waals surface area contributed by atoms with Crippen molar-refractivity contribution in [1.82, 2.24) is 9.29 Å². The van der Waals surface area contributed by atoms with Crippen molar-refractivity contribution in [3.8, 4) is 5.75 Å². The number of para-hydroxylation sites is 1. The van der Waals surface area contributed by atoms with E-state index in [9.17, 15) is 18.0 Å². The van der Waals surface area contributed by atoms with Crippen LogP contribution in [0.25, 0.3) is 10.9 Å². The van der Waals surface area contributed by atoms with E-state index in [1.165, 1.54) is 29.6 Å². The van der Waals surface area contributed by atoms with Gasteiger partial charge in [-0.2, -0.15) is 4.31 Å². The summed E-state index contributed by atoms with van der Waals surface area (Å²) in [6, 6.07) is 11.4. The normalized spacial score (nSPS) is 14.6. The van der Waals surface area contributed by atoms with Crippen LogP contribution in [0.2, 0.25) is 0 Å². The first-order valence-corrected chi connectivity index (χ1v) is 11.3. The molecular weight excluding hydrogens is 420 g/mol. The van der Waals surface area contributed by atoms with Crippen molar-refractivity contribution in [1.29, 1.82) is 0 Å². The van der Waals surface area contributed by atoms with Crippen molar-refractivity contribution < 1.29 is 27.5 Å². The molecule has 3 aromatic rings. The molecule has 1 aliphatic heterocycles. The predicted octanol–water partition coefficient (Wildman–Crippen LogP) is 3.00. The summed E-state index contributed by atoms with van der Waals surface area (Å²) in [6.45, 7) is 0.402. The number of hydrogen-bond donors (Lipinski definition) is 1. The largest absolute Gasteiger partial charge is 0.495 e. The van der Waals surface area contributed by atoms with Crippen LogP contribution in [0.1, 0.15) is 33.6 Å². The predicted molar refractivity (Wildman–Crippen MR) is 114 cm³/mol. The van der Waals surface area contributed by atoms with Gasteiger partial charge in [0.15, 0.2) is 6.61 Å². The molecule has 4 rings (SSSR count). The van der Waals surface area contributed by atoms with Crippen LogP contribution in [-0.4, -0.2) is 56.3 Å². The van der Waals surface area contributed by atoms with Gasteiger partial charge in [-0.15, -0.1) is 0 Å². The molecule has 2 aromatic carbocycles. The molecule has 8 nitrogen and oxygen atoms in total. The molecule has 0 saturated carbocycles. The van der Waals surface area contributed by atoms with Gasteiger partial charge in [-0.25, -0.2) is 13.2 Å². The summed E-state index contributed by atoms with van der Waals surface area (Å²) in [4.78, 5) is 28.0. The van der Waals surface area contributed by atoms with Crippen molar-refractivity contribution in [3.05, 3.63) is 59.8 Å². The molecule has 1 N–H and O–H groups in total. The van der Waals surface area contributed by atoms with Crippen molar-refractivity contribution in [3.63, 3.8) is 0 Å². The van der Waals surface area contributed by atoms with Gasteiger partial charge in [-0.1, -0.05) is 18.2 Å². The summed E-state index contributed by atoms with van der Waals surface area (Å²) in [5.74, 6) is -0.990. The van der Waals surface area contributed by atoms with E-state index in [0.717, 1.165) is 23.7 Å². The molecule has 0 radical (unpaired) electrons. The molecule has 2 heterocycles. The summed E-state index contributed by atoms with van der Waals surface area (Å²) in [6.07, 6.45) is 3.16. The molecule has 1 saturated heterocycles. The van der Waals surface area contributed by atoms with E-state index in [-0.39, 0.29) is 22.0 Å². The molecule has 9 heteroatoms. The van der Waals surface area contributed by atoms with E-state index in [2.05, 4.69) is 4.98 Å². The van der Waals surface area contributed by atoms with E-state index in [0.29, 0.717) is 18.7 Å². The number of rotatable bonds is 7. The van der Waals surface area contributed by atoms with Crippen molar-refractivity contribution in [2.24, 2.45) is 0 Å². The average molecular weight is 442 g/mol. The smallest absolute Gasteiger partial charge is 0.338 e. The zero-order valence-electron chi connectivity index (χ0n) is 17.0. The zero-order chi connectivity index (χ0) is 22.0. The van der Waals surface area contributed by atoms with Crippen LogP contribution in [0.3, 0.4) is 0 Å². The van der Waals surface area contributed by atoms with Crippen LogP contribution < -0.4 is 4.74 Å². The van der Waals surface area contributed by atoms with E-state index < -0.39 is 22.6 Å². The maximum Gasteiger partial charge on any atom is 0.338 e. The van der Waals surface area contributed by atoms with Crippen LogP contribution in [0.4, 0.5) is 0 Å². The number of aromatic amines is 1. The lowest BCUT2D eigenvalue weighted by molar-refractivity contribution is 0.0475. The quantitative estimate of drug-likeness (QED) is 0.445. The second-order valence-electron chi connectivity index (χ2n) is 7.22. The Bertz CT molecular complexity index is 1240. The van der Waals surface area contributed by atoms with Gasteiger partial charge < -0.3 is 14.5 Å². The SMILES string of the molecule is COc1ccc(C(=O)OCC(=O)c2c[nH]c3ccccc23)cc1S(=O)(=O)N1CCCC1. The number of methoxy groups -OCH3 is 1. The van der Waals surface area contributed by atoms with Crippen LogP contribution in [0.15, 0.2) is 53.6 Å². The topological polar surface area (TPSA) is 106 Å². The summed E-state index contributed by atoms with van der Waals surface area (Å²) in [7, 11) is -2.43. The molecule has 0 spiro atoms. The van der Waals surface area contributed by atoms with Gasteiger partial charge in [-0.3, -0.25) is 4.79 Å². The molecule has 31 heavy (non-hydrogen) atoms. The third-order valence-electron chi connectivity index (χ3n) is 5.31. The van der Waals surface area contributed by atoms with E-state index in [4.69, 9.17) is 9.47 Å². The molecule has 0 bridgehead atoms. The van der Waals surface area contributed by atoms with Crippen LogP contribution >= 0.6 is 0 Å². The average Bonchev–Trinajstić information content (AvgIpc) is 3.47. The molecular formula is C22H22N2O6S. The van der Waals surface area contributed by atoms with Gasteiger partial charge >= 0.3 is 5.97 Å². The second-order valence-corrected chi connectivity index (χ2v) is 9.13. The minimum Gasteiger partial charge on any atom is -0.495 e. The minimum absolute atomic E-state index is 0.0327. The van der Waals surface area contributed by atoms with Gasteiger partial charge in [0, 0.05) is 35.8 Å². The summed E-state index contributed by atoms with van der Waals surface area (Å²) in [5, 5.41) is 0.743. The summed E-state index contributed by atoms with van der Waals surface area (Å²) >= 11 is 0. The highest BCUT2D eigenvalue weighted by molar-refractivity contribution is 7.89. The number of esters is 1. The number of ether oxygens (including phenoxy) is 2. The van der Waals surface area contributed by atoms with Crippen LogP contribution in [0, 0.1) is 0 Å². The fourth-order valence-corrected chi connectivity index (χ4v) is 5.37. The zero-order valence-corrected chi connectivity index (χ0v) is 17.8. The molecule has 0 amide bonds. The molecule has 1 fully saturated rings. The highest BCUT2D eigenvalue weighted by Crippen LogP contribution is 2.30. The first-order chi connectivity index (χ1) is 14.9. The molecule has 0 atom stereocenters. The Kier molecular flexibility index (Phi) is 5.79. The maximum atomic E-state index is 13.0. The second kappa shape index (κ2) is 8.52. The number of nitrogens with zero attached hydrogens (tertiary/aromatic N) is 1. The standard InChI is InChI=1S/C22H22N2O6S/c1-29-20-9-8-15(12-21(20)31(27,28)24-10-4-5-11-24)22(26)30-14-19(25)17-13-23-18-7-3-2-6-16(17)18/h2-3,6-9,12-13,23H,4-5,10-11,14H2,1H3. The Hall–Kier alpha value is -3.17. The van der Waals surface area contributed by atoms with Gasteiger partial charge in [0.1, 0.15) is 10.6 Å². The Morgan fingerprint density at radius 3 is 2.58 bits per heavy atom. The van der Waals surface area contributed by atoms with E-state index >= 15 is 0 Å². The Morgan fingerprint density at radius 1 is 1.10 bits per heavy atom. The molecule has 162 valence electrons. The number of carbonyl (C=O) groups is 2. The highest BCUT2D eigenvalue weighted by atomic mass is 32.2. The third-order valence-corrected chi connectivity index (χ3v) is 7.23. The number of hydrogen-bond acceptors (Lipinski definition) is 6. The monoisotopic (exact) mass is 442 g/mol. The number of carbonyl (C=O) groups excluding carboxylic acids is 2. The number of sulfonamides is 1. The molecule has 0 aliphatic carbocycles. The first kappa shape index (κ1) is 21.1. The van der Waals surface area contributed by atoms with Gasteiger partial charge in [0.05, 0.1) is 12.7 Å². The maximum absolute atomic E-state index is 13.0. The number of aromatic nitrogens is 1. The molecule has 1 aromatic heterocycles. The Labute approximate surface area is 179 Å². The minimum atomic E-state index is -3.80. The number of nitrogens with one attached hydrogen (secondary N) is 1. The first-order valence-electron chi connectivity index (χ1n) is 9.86. The lowest BCUT2D eigenvalue weighted by Crippen LogP contribution is -2.28. The summed E-state index contributed by atoms with van der Waals surface area (Å²) < 4.78 is 37.7. The number of ketones is 1. The number of H-pyrrole nitrogens is 1. The number of fused-ring (bicyclic) bond motifs is 1. The van der Waals surface area contributed by atoms with E-state index in [1.807, 2.05) is 18.2 Å². The van der Waals surface area contributed by atoms with Crippen molar-refractivity contribution in [2.75, 3.05) is 26.8 Å². The fourth-order valence-electron chi connectivity index (χ4n) is 3.67. The number of Topliss-reactive ketones (excluding diaryl/α,β-unsaturated/α-hetero) is 1. The lowest BCUT2D eigenvalue weighted by Gasteiger charge is -2.18. The van der Waals surface area contributed by atoms with Gasteiger partial charge in [0.25, 0.3) is 0 Å². The number of benzene rings is 2. The Balaban J connectivity index is 1.53. The van der Waals surface area contributed by atoms with Gasteiger partial charge in [-0.05, 0) is 37.1 Å². The van der Waals surface area contributed by atoms with Gasteiger partial charge in [0.2, 0.25) is 15.8 Å². The molecule has 1 aliphatic rings. The van der Waals surface area contributed by atoms with Crippen LogP contribution in [0.5, 0.6) is 5.75 Å². The lowest BCUT2D eigenvalue weighted by atomic mass is 10.1. The molecule has 0 unspecified atom stereocenters. The van der Waals surface area contributed by atoms with Crippen molar-refractivity contribution >= 4 is 32.7 Å². The van der Waals surface area contributed by atoms with Crippen molar-refractivity contribution in [2.45, 2.75) is 17.7 Å². The summed E-state index contributed by atoms with van der Waals surface area (Å²) in [5.41, 5.74) is 1.27. The highest BCUT2D eigenvalue weighted by Gasteiger charge is 2.31. The van der Waals surface area contributed by atoms with Crippen LogP contribution in [-0.2, 0) is 14.8 Å². The van der Waals surface area contributed by atoms with E-state index in [1.54, 1.807) is 12.3 Å². The Morgan fingerprint density at radius 2 is 1.84 bits per heavy atom.